The van der Waals surface area contributed by atoms with E-state index in [9.17, 15) is 14.7 Å². The summed E-state index contributed by atoms with van der Waals surface area (Å²) < 4.78 is 5.08. The Hall–Kier alpha value is -1.21. The van der Waals surface area contributed by atoms with E-state index in [1.54, 1.807) is 25.7 Å². The molecule has 1 amide bonds. The van der Waals surface area contributed by atoms with Gasteiger partial charge < -0.3 is 24.9 Å². The monoisotopic (exact) mass is 288 g/mol. The number of hydrogen-bond donors (Lipinski definition) is 2. The molecule has 0 aromatic heterocycles. The molecule has 1 aliphatic heterocycles. The van der Waals surface area contributed by atoms with E-state index in [0.717, 1.165) is 0 Å². The first kappa shape index (κ1) is 15.8. The smallest absolute Gasteiger partial charge is 0.408 e. The van der Waals surface area contributed by atoms with E-state index >= 15 is 0 Å². The zero-order chi connectivity index (χ0) is 14.6. The highest BCUT2D eigenvalue weighted by molar-refractivity contribution is 7.80. The van der Waals surface area contributed by atoms with Crippen LogP contribution in [0.15, 0.2) is 0 Å². The van der Waals surface area contributed by atoms with Gasteiger partial charge in [0.2, 0.25) is 0 Å². The Morgan fingerprint density at radius 2 is 2.21 bits per heavy atom. The lowest BCUT2D eigenvalue weighted by molar-refractivity contribution is -0.112. The van der Waals surface area contributed by atoms with Crippen LogP contribution in [-0.4, -0.2) is 58.2 Å². The number of ether oxygens (including phenoxy) is 1. The maximum absolute atomic E-state index is 11.5. The molecule has 0 bridgehead atoms. The molecule has 108 valence electrons. The molecule has 19 heavy (non-hydrogen) atoms. The molecule has 7 heteroatoms. The minimum atomic E-state index is -0.697. The Balaban J connectivity index is 2.44. The van der Waals surface area contributed by atoms with Crippen molar-refractivity contribution in [2.24, 2.45) is 0 Å². The minimum Gasteiger partial charge on any atom is -0.444 e. The van der Waals surface area contributed by atoms with Gasteiger partial charge in [0.15, 0.2) is 0 Å². The first-order valence-electron chi connectivity index (χ1n) is 6.14. The van der Waals surface area contributed by atoms with Crippen molar-refractivity contribution in [2.45, 2.75) is 44.9 Å². The first-order chi connectivity index (χ1) is 8.74. The fourth-order valence-corrected chi connectivity index (χ4v) is 2.10. The van der Waals surface area contributed by atoms with Gasteiger partial charge in [0.25, 0.3) is 0 Å². The number of alkyl carbamates (subject to hydrolysis) is 1. The maximum Gasteiger partial charge on any atom is 0.408 e. The van der Waals surface area contributed by atoms with Crippen molar-refractivity contribution < 1.29 is 19.4 Å². The van der Waals surface area contributed by atoms with Gasteiger partial charge in [-0.2, -0.15) is 0 Å². The van der Waals surface area contributed by atoms with Crippen LogP contribution in [-0.2, 0) is 9.53 Å². The zero-order valence-corrected chi connectivity index (χ0v) is 12.2. The maximum atomic E-state index is 11.5. The highest BCUT2D eigenvalue weighted by atomic mass is 32.1. The van der Waals surface area contributed by atoms with Gasteiger partial charge in [-0.3, -0.25) is 0 Å². The molecule has 0 aromatic carbocycles. The Morgan fingerprint density at radius 3 is 2.74 bits per heavy atom. The van der Waals surface area contributed by atoms with E-state index in [1.807, 2.05) is 0 Å². The molecule has 2 atom stereocenters. The second-order valence-electron chi connectivity index (χ2n) is 5.43. The Morgan fingerprint density at radius 1 is 1.58 bits per heavy atom. The number of carbonyl (C=O) groups is 2. The van der Waals surface area contributed by atoms with E-state index in [-0.39, 0.29) is 6.54 Å². The summed E-state index contributed by atoms with van der Waals surface area (Å²) in [5.41, 5.74) is -0.569. The second-order valence-corrected chi connectivity index (χ2v) is 5.90. The Bertz CT molecular complexity index is 367. The molecule has 2 N–H and O–H groups in total. The molecule has 0 spiro atoms. The Kier molecular flexibility index (Phi) is 5.25. The molecule has 1 rings (SSSR count). The third-order valence-electron chi connectivity index (χ3n) is 2.66. The molecule has 0 saturated carbocycles. The van der Waals surface area contributed by atoms with E-state index in [2.05, 4.69) is 5.32 Å². The quantitative estimate of drug-likeness (QED) is 0.581. The number of aliphatic hydroxyl groups excluding tert-OH is 1. The molecule has 1 fully saturated rings. The number of rotatable bonds is 3. The Labute approximate surface area is 118 Å². The molecule has 1 unspecified atom stereocenters. The summed E-state index contributed by atoms with van der Waals surface area (Å²) in [6, 6.07) is -0.618. The zero-order valence-electron chi connectivity index (χ0n) is 11.4. The van der Waals surface area contributed by atoms with Crippen LogP contribution in [0.25, 0.3) is 0 Å². The van der Waals surface area contributed by atoms with Crippen molar-refractivity contribution in [3.8, 4) is 0 Å². The number of nitrogens with one attached hydrogen (secondary N) is 1. The van der Waals surface area contributed by atoms with Gasteiger partial charge in [-0.25, -0.2) is 4.79 Å². The highest BCUT2D eigenvalue weighted by Gasteiger charge is 2.33. The average molecular weight is 288 g/mol. The van der Waals surface area contributed by atoms with Crippen LogP contribution in [0, 0.1) is 0 Å². The topological polar surface area (TPSA) is 78.9 Å². The van der Waals surface area contributed by atoms with Crippen molar-refractivity contribution in [3.05, 3.63) is 0 Å². The third kappa shape index (κ3) is 4.76. The number of hydrogen-bond acceptors (Lipinski definition) is 5. The molecule has 0 radical (unpaired) electrons. The van der Waals surface area contributed by atoms with Gasteiger partial charge in [0.05, 0.1) is 17.6 Å². The largest absolute Gasteiger partial charge is 0.444 e. The predicted octanol–water partition coefficient (Wildman–Crippen LogP) is 0.473. The fourth-order valence-electron chi connectivity index (χ4n) is 1.82. The van der Waals surface area contributed by atoms with Gasteiger partial charge in [0.1, 0.15) is 17.9 Å². The van der Waals surface area contributed by atoms with Gasteiger partial charge >= 0.3 is 6.09 Å². The number of aliphatic hydroxyl groups is 1. The van der Waals surface area contributed by atoms with Gasteiger partial charge in [-0.05, 0) is 27.2 Å². The summed E-state index contributed by atoms with van der Waals surface area (Å²) in [6.45, 7) is 5.93. The number of likely N-dealkylation sites (tertiary alicyclic amines) is 1. The lowest BCUT2D eigenvalue weighted by Gasteiger charge is -2.25. The summed E-state index contributed by atoms with van der Waals surface area (Å²) in [7, 11) is 0. The standard InChI is InChI=1S/C12H20N2O4S/c1-12(2,3)18-11(17)13-6-10(19)14-5-4-9(16)8(14)7-15/h7-9,16H,4-6H2,1-3H3,(H,13,17)/t8-,9?/m1/s1. The lowest BCUT2D eigenvalue weighted by Crippen LogP contribution is -2.45. The molecule has 0 aliphatic carbocycles. The second kappa shape index (κ2) is 6.29. The summed E-state index contributed by atoms with van der Waals surface area (Å²) in [6.07, 6.45) is -0.0813. The lowest BCUT2D eigenvalue weighted by atomic mass is 10.2. The molecule has 1 aliphatic rings. The summed E-state index contributed by atoms with van der Waals surface area (Å²) in [5.74, 6) is 0. The van der Waals surface area contributed by atoms with Crippen molar-refractivity contribution >= 4 is 29.6 Å². The number of aldehydes is 1. The van der Waals surface area contributed by atoms with Crippen LogP contribution in [0.1, 0.15) is 27.2 Å². The number of thiocarbonyl (C=S) groups is 1. The van der Waals surface area contributed by atoms with Gasteiger partial charge in [-0.1, -0.05) is 12.2 Å². The molecular weight excluding hydrogens is 268 g/mol. The normalized spacial score (nSPS) is 23.1. The molecular formula is C12H20N2O4S. The van der Waals surface area contributed by atoms with E-state index < -0.39 is 23.8 Å². The average Bonchev–Trinajstić information content (AvgIpc) is 2.65. The molecule has 1 saturated heterocycles. The van der Waals surface area contributed by atoms with Crippen molar-refractivity contribution in [1.29, 1.82) is 0 Å². The number of carbonyl (C=O) groups excluding carboxylic acids is 2. The molecule has 6 nitrogen and oxygen atoms in total. The summed E-state index contributed by atoms with van der Waals surface area (Å²) in [4.78, 5) is 24.4. The van der Waals surface area contributed by atoms with Crippen LogP contribution in [0.5, 0.6) is 0 Å². The summed E-state index contributed by atoms with van der Waals surface area (Å²) in [5, 5.41) is 12.1. The van der Waals surface area contributed by atoms with Gasteiger partial charge in [0, 0.05) is 6.54 Å². The number of nitrogens with zero attached hydrogens (tertiary/aromatic N) is 1. The van der Waals surface area contributed by atoms with Crippen LogP contribution < -0.4 is 5.32 Å². The summed E-state index contributed by atoms with van der Waals surface area (Å²) >= 11 is 5.16. The van der Waals surface area contributed by atoms with Crippen LogP contribution >= 0.6 is 12.2 Å². The van der Waals surface area contributed by atoms with E-state index in [1.165, 1.54) is 0 Å². The SMILES string of the molecule is CC(C)(C)OC(=O)NCC(=S)N1CCC(O)[C@H]1C=O. The fraction of sp³-hybridized carbons (Fsp3) is 0.750. The van der Waals surface area contributed by atoms with E-state index in [4.69, 9.17) is 17.0 Å². The number of amides is 1. The minimum absolute atomic E-state index is 0.112. The van der Waals surface area contributed by atoms with Crippen LogP contribution in [0.3, 0.4) is 0 Å². The third-order valence-corrected chi connectivity index (χ3v) is 3.04. The van der Waals surface area contributed by atoms with Crippen molar-refractivity contribution in [1.82, 2.24) is 10.2 Å². The van der Waals surface area contributed by atoms with Gasteiger partial charge in [-0.15, -0.1) is 0 Å². The van der Waals surface area contributed by atoms with Crippen molar-refractivity contribution in [3.63, 3.8) is 0 Å². The van der Waals surface area contributed by atoms with Crippen molar-refractivity contribution in [2.75, 3.05) is 13.1 Å². The van der Waals surface area contributed by atoms with Crippen LogP contribution in [0.2, 0.25) is 0 Å². The predicted molar refractivity (Wildman–Crippen MR) is 74.0 cm³/mol. The molecule has 0 aromatic rings. The first-order valence-corrected chi connectivity index (χ1v) is 6.55. The van der Waals surface area contributed by atoms with Crippen LogP contribution in [0.4, 0.5) is 4.79 Å². The highest BCUT2D eigenvalue weighted by Crippen LogP contribution is 2.17. The molecule has 1 heterocycles. The van der Waals surface area contributed by atoms with E-state index in [0.29, 0.717) is 24.2 Å².